The van der Waals surface area contributed by atoms with Crippen LogP contribution >= 0.6 is 0 Å². The first-order valence-electron chi connectivity index (χ1n) is 15.1. The SMILES string of the molecule is c1ccc(-c2ccc(-n3c4ccccc4c4c5c6ccccc6n(-c6ccc(-c7ccccc7)cc6)c5ccc43)cc2)cc1. The van der Waals surface area contributed by atoms with E-state index in [1.54, 1.807) is 0 Å². The van der Waals surface area contributed by atoms with Gasteiger partial charge in [-0.25, -0.2) is 0 Å². The van der Waals surface area contributed by atoms with Gasteiger partial charge in [-0.1, -0.05) is 121 Å². The van der Waals surface area contributed by atoms with Crippen molar-refractivity contribution in [1.29, 1.82) is 0 Å². The van der Waals surface area contributed by atoms with Gasteiger partial charge < -0.3 is 9.13 Å². The summed E-state index contributed by atoms with van der Waals surface area (Å²) in [5.41, 5.74) is 12.1. The zero-order valence-corrected chi connectivity index (χ0v) is 24.1. The summed E-state index contributed by atoms with van der Waals surface area (Å²) in [6.45, 7) is 0. The molecule has 0 aliphatic carbocycles. The fourth-order valence-electron chi connectivity index (χ4n) is 6.94. The smallest absolute Gasteiger partial charge is 0.0548 e. The third kappa shape index (κ3) is 3.75. The van der Waals surface area contributed by atoms with Crippen LogP contribution in [-0.4, -0.2) is 9.13 Å². The minimum atomic E-state index is 1.16. The topological polar surface area (TPSA) is 9.86 Å². The van der Waals surface area contributed by atoms with E-state index in [4.69, 9.17) is 0 Å². The second-order valence-corrected chi connectivity index (χ2v) is 11.4. The molecule has 0 bridgehead atoms. The number of hydrogen-bond donors (Lipinski definition) is 0. The van der Waals surface area contributed by atoms with Crippen molar-refractivity contribution >= 4 is 43.6 Å². The van der Waals surface area contributed by atoms with Crippen LogP contribution in [0.15, 0.2) is 170 Å². The van der Waals surface area contributed by atoms with Crippen LogP contribution in [0.1, 0.15) is 0 Å². The predicted octanol–water partition coefficient (Wildman–Crippen LogP) is 11.2. The van der Waals surface area contributed by atoms with Gasteiger partial charge in [-0.2, -0.15) is 0 Å². The fraction of sp³-hybridized carbons (Fsp3) is 0. The highest BCUT2D eigenvalue weighted by Crippen LogP contribution is 2.42. The van der Waals surface area contributed by atoms with Crippen molar-refractivity contribution in [3.05, 3.63) is 170 Å². The summed E-state index contributed by atoms with van der Waals surface area (Å²) in [6.07, 6.45) is 0. The number of aromatic nitrogens is 2. The minimum Gasteiger partial charge on any atom is -0.309 e. The molecule has 0 saturated heterocycles. The number of hydrogen-bond acceptors (Lipinski definition) is 0. The molecule has 0 spiro atoms. The molecule has 206 valence electrons. The van der Waals surface area contributed by atoms with E-state index in [1.807, 2.05) is 0 Å². The van der Waals surface area contributed by atoms with Gasteiger partial charge >= 0.3 is 0 Å². The Labute approximate surface area is 255 Å². The van der Waals surface area contributed by atoms with E-state index in [0.717, 1.165) is 11.4 Å². The first-order valence-corrected chi connectivity index (χ1v) is 15.1. The van der Waals surface area contributed by atoms with Crippen LogP contribution in [0.25, 0.3) is 77.2 Å². The second-order valence-electron chi connectivity index (χ2n) is 11.4. The molecule has 2 heterocycles. The number of para-hydroxylation sites is 2. The summed E-state index contributed by atoms with van der Waals surface area (Å²) in [7, 11) is 0. The molecule has 9 rings (SSSR count). The second kappa shape index (κ2) is 9.86. The maximum Gasteiger partial charge on any atom is 0.0548 e. The van der Waals surface area contributed by atoms with Crippen LogP contribution < -0.4 is 0 Å². The summed E-state index contributed by atoms with van der Waals surface area (Å²) in [4.78, 5) is 0. The number of nitrogens with zero attached hydrogens (tertiary/aromatic N) is 2. The molecule has 2 nitrogen and oxygen atoms in total. The number of fused-ring (bicyclic) bond motifs is 7. The highest BCUT2D eigenvalue weighted by molar-refractivity contribution is 6.28. The summed E-state index contributed by atoms with van der Waals surface area (Å²) < 4.78 is 4.83. The van der Waals surface area contributed by atoms with E-state index in [0.29, 0.717) is 0 Å². The van der Waals surface area contributed by atoms with Crippen LogP contribution in [0.5, 0.6) is 0 Å². The standard InChI is InChI=1S/C42H28N2/c1-3-11-29(12-4-1)31-19-23-33(24-20-31)43-37-17-9-7-15-35(37)41-39(43)27-28-40-42(41)36-16-8-10-18-38(36)44(40)34-25-21-32(22-26-34)30-13-5-2-6-14-30/h1-28H. The fourth-order valence-corrected chi connectivity index (χ4v) is 6.94. The molecule has 44 heavy (non-hydrogen) atoms. The monoisotopic (exact) mass is 560 g/mol. The zero-order chi connectivity index (χ0) is 29.0. The van der Waals surface area contributed by atoms with Gasteiger partial charge in [-0.15, -0.1) is 0 Å². The van der Waals surface area contributed by atoms with Gasteiger partial charge in [-0.05, 0) is 70.8 Å². The third-order valence-electron chi connectivity index (χ3n) is 8.94. The average Bonchev–Trinajstić information content (AvgIpc) is 3.62. The van der Waals surface area contributed by atoms with Gasteiger partial charge in [0, 0.05) is 32.9 Å². The largest absolute Gasteiger partial charge is 0.309 e. The van der Waals surface area contributed by atoms with E-state index in [2.05, 4.69) is 179 Å². The van der Waals surface area contributed by atoms with Crippen molar-refractivity contribution in [3.8, 4) is 33.6 Å². The van der Waals surface area contributed by atoms with Gasteiger partial charge in [-0.3, -0.25) is 0 Å². The van der Waals surface area contributed by atoms with Crippen LogP contribution in [0.3, 0.4) is 0 Å². The summed E-state index contributed by atoms with van der Waals surface area (Å²) >= 11 is 0. The molecule has 0 aliphatic heterocycles. The maximum atomic E-state index is 2.42. The summed E-state index contributed by atoms with van der Waals surface area (Å²) in [5.74, 6) is 0. The van der Waals surface area contributed by atoms with Crippen LogP contribution in [-0.2, 0) is 0 Å². The molecule has 0 aliphatic rings. The van der Waals surface area contributed by atoms with E-state index < -0.39 is 0 Å². The van der Waals surface area contributed by atoms with Crippen molar-refractivity contribution in [3.63, 3.8) is 0 Å². The first kappa shape index (κ1) is 24.7. The Morgan fingerprint density at radius 1 is 0.250 bits per heavy atom. The predicted molar refractivity (Wildman–Crippen MR) is 186 cm³/mol. The van der Waals surface area contributed by atoms with E-state index in [9.17, 15) is 0 Å². The molecular formula is C42H28N2. The lowest BCUT2D eigenvalue weighted by Gasteiger charge is -2.11. The van der Waals surface area contributed by atoms with Crippen LogP contribution in [0.2, 0.25) is 0 Å². The normalized spacial score (nSPS) is 11.6. The van der Waals surface area contributed by atoms with Gasteiger partial charge in [0.05, 0.1) is 22.1 Å². The quantitative estimate of drug-likeness (QED) is 0.203. The third-order valence-corrected chi connectivity index (χ3v) is 8.94. The Hall–Kier alpha value is -5.86. The Morgan fingerprint density at radius 2 is 0.591 bits per heavy atom. The highest BCUT2D eigenvalue weighted by atomic mass is 15.0. The maximum absolute atomic E-state index is 2.42. The van der Waals surface area contributed by atoms with E-state index >= 15 is 0 Å². The first-order chi connectivity index (χ1) is 21.8. The number of rotatable bonds is 4. The van der Waals surface area contributed by atoms with Crippen LogP contribution in [0, 0.1) is 0 Å². The lowest BCUT2D eigenvalue weighted by molar-refractivity contribution is 1.17. The average molecular weight is 561 g/mol. The molecule has 7 aromatic carbocycles. The minimum absolute atomic E-state index is 1.16. The van der Waals surface area contributed by atoms with E-state index in [1.165, 1.54) is 65.9 Å². The van der Waals surface area contributed by atoms with Crippen molar-refractivity contribution < 1.29 is 0 Å². The summed E-state index contributed by atoms with van der Waals surface area (Å²) in [6, 6.07) is 61.3. The molecule has 9 aromatic rings. The molecule has 0 saturated carbocycles. The molecule has 0 fully saturated rings. The Balaban J connectivity index is 1.29. The molecule has 2 aromatic heterocycles. The van der Waals surface area contributed by atoms with Crippen molar-refractivity contribution in [1.82, 2.24) is 9.13 Å². The van der Waals surface area contributed by atoms with Crippen molar-refractivity contribution in [2.24, 2.45) is 0 Å². The Morgan fingerprint density at radius 3 is 1.00 bits per heavy atom. The number of benzene rings is 7. The molecule has 0 amide bonds. The zero-order valence-electron chi connectivity index (χ0n) is 24.1. The molecule has 0 N–H and O–H groups in total. The Kier molecular flexibility index (Phi) is 5.54. The molecular weight excluding hydrogens is 532 g/mol. The van der Waals surface area contributed by atoms with E-state index in [-0.39, 0.29) is 0 Å². The van der Waals surface area contributed by atoms with Gasteiger partial charge in [0.1, 0.15) is 0 Å². The Bertz CT molecular complexity index is 2270. The highest BCUT2D eigenvalue weighted by Gasteiger charge is 2.20. The van der Waals surface area contributed by atoms with Crippen LogP contribution in [0.4, 0.5) is 0 Å². The molecule has 0 unspecified atom stereocenters. The molecule has 0 radical (unpaired) electrons. The van der Waals surface area contributed by atoms with Crippen molar-refractivity contribution in [2.45, 2.75) is 0 Å². The van der Waals surface area contributed by atoms with Gasteiger partial charge in [0.2, 0.25) is 0 Å². The molecule has 0 atom stereocenters. The van der Waals surface area contributed by atoms with Gasteiger partial charge in [0.15, 0.2) is 0 Å². The lowest BCUT2D eigenvalue weighted by atomic mass is 10.1. The van der Waals surface area contributed by atoms with Gasteiger partial charge in [0.25, 0.3) is 0 Å². The van der Waals surface area contributed by atoms with Crippen molar-refractivity contribution in [2.75, 3.05) is 0 Å². The summed E-state index contributed by atoms with van der Waals surface area (Å²) in [5, 5.41) is 5.12. The lowest BCUT2D eigenvalue weighted by Crippen LogP contribution is -1.95. The molecule has 2 heteroatoms.